The van der Waals surface area contributed by atoms with Crippen LogP contribution in [-0.2, 0) is 10.0 Å². The van der Waals surface area contributed by atoms with Crippen LogP contribution in [0.4, 0.5) is 17.5 Å². The van der Waals surface area contributed by atoms with E-state index in [1.807, 2.05) is 55.5 Å². The number of nitrogens with zero attached hydrogens (tertiary/aromatic N) is 2. The minimum absolute atomic E-state index is 0.0775. The minimum atomic E-state index is -3.45. The second-order valence-electron chi connectivity index (χ2n) is 6.87. The summed E-state index contributed by atoms with van der Waals surface area (Å²) in [5.41, 5.74) is 1.64. The van der Waals surface area contributed by atoms with Crippen molar-refractivity contribution in [1.29, 1.82) is 0 Å². The van der Waals surface area contributed by atoms with Gasteiger partial charge in [-0.1, -0.05) is 18.2 Å². The van der Waals surface area contributed by atoms with Gasteiger partial charge in [0.1, 0.15) is 23.9 Å². The summed E-state index contributed by atoms with van der Waals surface area (Å²) in [7, 11) is -1.83. The Morgan fingerprint density at radius 2 is 1.69 bits per heavy atom. The monoisotopic (exact) mass is 457 g/mol. The predicted octanol–water partition coefficient (Wildman–Crippen LogP) is 2.95. The number of methoxy groups -OCH3 is 1. The highest BCUT2D eigenvalue weighted by molar-refractivity contribution is 7.89. The molecule has 3 N–H and O–H groups in total. The zero-order valence-corrected chi connectivity index (χ0v) is 18.9. The lowest BCUT2D eigenvalue weighted by atomic mass is 10.3. The number of aryl methyl sites for hydroxylation is 1. The van der Waals surface area contributed by atoms with Crippen molar-refractivity contribution in [1.82, 2.24) is 14.7 Å². The van der Waals surface area contributed by atoms with Crippen LogP contribution in [0.2, 0.25) is 0 Å². The van der Waals surface area contributed by atoms with Gasteiger partial charge in [-0.15, -0.1) is 0 Å². The van der Waals surface area contributed by atoms with E-state index < -0.39 is 10.0 Å². The van der Waals surface area contributed by atoms with Crippen molar-refractivity contribution < 1.29 is 17.9 Å². The molecule has 3 aromatic rings. The van der Waals surface area contributed by atoms with E-state index in [0.29, 0.717) is 24.1 Å². The largest absolute Gasteiger partial charge is 0.497 e. The maximum atomic E-state index is 12.1. The molecule has 10 heteroatoms. The minimum Gasteiger partial charge on any atom is -0.497 e. The van der Waals surface area contributed by atoms with Crippen LogP contribution in [0, 0.1) is 6.92 Å². The number of benzene rings is 2. The zero-order chi connectivity index (χ0) is 22.8. The first-order chi connectivity index (χ1) is 15.4. The Kier molecular flexibility index (Phi) is 8.23. The molecule has 0 saturated heterocycles. The first-order valence-electron chi connectivity index (χ1n) is 10.1. The van der Waals surface area contributed by atoms with Crippen LogP contribution in [0.5, 0.6) is 11.5 Å². The Balaban J connectivity index is 1.44. The molecule has 0 atom stereocenters. The summed E-state index contributed by atoms with van der Waals surface area (Å²) in [5, 5.41) is 6.26. The molecule has 0 fully saturated rings. The number of ether oxygens (including phenoxy) is 2. The molecule has 170 valence electrons. The number of aromatic nitrogens is 2. The summed E-state index contributed by atoms with van der Waals surface area (Å²) in [6.45, 7) is 2.48. The molecule has 0 bridgehead atoms. The van der Waals surface area contributed by atoms with E-state index in [2.05, 4.69) is 25.3 Å². The summed E-state index contributed by atoms with van der Waals surface area (Å²) >= 11 is 0. The number of para-hydroxylation sites is 1. The summed E-state index contributed by atoms with van der Waals surface area (Å²) in [4.78, 5) is 8.77. The van der Waals surface area contributed by atoms with E-state index in [4.69, 9.17) is 9.47 Å². The Morgan fingerprint density at radius 1 is 0.938 bits per heavy atom. The standard InChI is InChI=1S/C22H27N5O4S/c1-17-16-21(26-18-8-10-19(30-2)11-9-18)27-22(25-17)23-12-13-24-32(28,29)15-14-31-20-6-4-3-5-7-20/h3-11,16,24H,12-15H2,1-2H3,(H2,23,25,26,27). The topological polar surface area (TPSA) is 114 Å². The van der Waals surface area contributed by atoms with Crippen LogP contribution in [0.1, 0.15) is 5.69 Å². The average Bonchev–Trinajstić information content (AvgIpc) is 2.77. The van der Waals surface area contributed by atoms with E-state index >= 15 is 0 Å². The molecule has 9 nitrogen and oxygen atoms in total. The number of hydrogen-bond donors (Lipinski definition) is 3. The van der Waals surface area contributed by atoms with Gasteiger partial charge in [0.05, 0.1) is 12.9 Å². The van der Waals surface area contributed by atoms with E-state index in [-0.39, 0.29) is 18.9 Å². The van der Waals surface area contributed by atoms with Gasteiger partial charge in [0, 0.05) is 30.5 Å². The first-order valence-corrected chi connectivity index (χ1v) is 11.7. The van der Waals surface area contributed by atoms with Crippen LogP contribution < -0.4 is 24.8 Å². The number of nitrogens with one attached hydrogen (secondary N) is 3. The zero-order valence-electron chi connectivity index (χ0n) is 18.0. The van der Waals surface area contributed by atoms with E-state index in [0.717, 1.165) is 17.1 Å². The third kappa shape index (κ3) is 7.71. The Hall–Kier alpha value is -3.37. The van der Waals surface area contributed by atoms with Gasteiger partial charge < -0.3 is 20.1 Å². The molecule has 0 aliphatic rings. The summed E-state index contributed by atoms with van der Waals surface area (Å²) in [5.74, 6) is 2.32. The Labute approximate surface area is 188 Å². The number of anilines is 3. The summed E-state index contributed by atoms with van der Waals surface area (Å²) in [6, 6.07) is 18.4. The van der Waals surface area contributed by atoms with Crippen molar-refractivity contribution in [3.8, 4) is 11.5 Å². The van der Waals surface area contributed by atoms with E-state index in [1.165, 1.54) is 0 Å². The SMILES string of the molecule is COc1ccc(Nc2cc(C)nc(NCCNS(=O)(=O)CCOc3ccccc3)n2)cc1. The van der Waals surface area contributed by atoms with Gasteiger partial charge in [-0.25, -0.2) is 18.1 Å². The average molecular weight is 458 g/mol. The fourth-order valence-electron chi connectivity index (χ4n) is 2.77. The maximum absolute atomic E-state index is 12.1. The van der Waals surface area contributed by atoms with Gasteiger partial charge in [0.25, 0.3) is 0 Å². The molecule has 0 spiro atoms. The second kappa shape index (κ2) is 11.3. The Bertz CT molecular complexity index is 1090. The third-order valence-electron chi connectivity index (χ3n) is 4.31. The lowest BCUT2D eigenvalue weighted by Crippen LogP contribution is -2.32. The van der Waals surface area contributed by atoms with Gasteiger partial charge >= 0.3 is 0 Å². The van der Waals surface area contributed by atoms with Crippen molar-refractivity contribution in [3.63, 3.8) is 0 Å². The van der Waals surface area contributed by atoms with Crippen LogP contribution >= 0.6 is 0 Å². The maximum Gasteiger partial charge on any atom is 0.224 e. The third-order valence-corrected chi connectivity index (χ3v) is 5.66. The van der Waals surface area contributed by atoms with Gasteiger partial charge in [-0.2, -0.15) is 4.98 Å². The van der Waals surface area contributed by atoms with Crippen LogP contribution in [0.15, 0.2) is 60.7 Å². The smallest absolute Gasteiger partial charge is 0.224 e. The summed E-state index contributed by atoms with van der Waals surface area (Å²) < 4.78 is 37.4. The molecular formula is C22H27N5O4S. The predicted molar refractivity (Wildman–Crippen MR) is 125 cm³/mol. The van der Waals surface area contributed by atoms with Crippen LogP contribution in [0.3, 0.4) is 0 Å². The molecule has 0 saturated carbocycles. The highest BCUT2D eigenvalue weighted by Crippen LogP contribution is 2.19. The van der Waals surface area contributed by atoms with Crippen LogP contribution in [-0.4, -0.2) is 50.9 Å². The highest BCUT2D eigenvalue weighted by Gasteiger charge is 2.10. The number of rotatable bonds is 12. The molecule has 0 radical (unpaired) electrons. The van der Waals surface area contributed by atoms with Crippen LogP contribution in [0.25, 0.3) is 0 Å². The molecule has 1 aromatic heterocycles. The lowest BCUT2D eigenvalue weighted by Gasteiger charge is -2.11. The van der Waals surface area contributed by atoms with Crippen molar-refractivity contribution in [3.05, 3.63) is 66.4 Å². The molecule has 0 amide bonds. The van der Waals surface area contributed by atoms with Crippen molar-refractivity contribution in [2.45, 2.75) is 6.92 Å². The van der Waals surface area contributed by atoms with Crippen molar-refractivity contribution in [2.75, 3.05) is 43.2 Å². The number of hydrogen-bond acceptors (Lipinski definition) is 8. The fourth-order valence-corrected chi connectivity index (χ4v) is 3.63. The normalized spacial score (nSPS) is 11.1. The Morgan fingerprint density at radius 3 is 2.41 bits per heavy atom. The fraction of sp³-hybridized carbons (Fsp3) is 0.273. The quantitative estimate of drug-likeness (QED) is 0.356. The lowest BCUT2D eigenvalue weighted by molar-refractivity contribution is 0.340. The molecule has 2 aromatic carbocycles. The molecule has 0 aliphatic carbocycles. The van der Waals surface area contributed by atoms with Crippen molar-refractivity contribution >= 4 is 27.5 Å². The van der Waals surface area contributed by atoms with Gasteiger partial charge in [0.15, 0.2) is 0 Å². The molecular weight excluding hydrogens is 430 g/mol. The van der Waals surface area contributed by atoms with E-state index in [9.17, 15) is 8.42 Å². The number of sulfonamides is 1. The molecule has 1 heterocycles. The highest BCUT2D eigenvalue weighted by atomic mass is 32.2. The van der Waals surface area contributed by atoms with Gasteiger partial charge in [0.2, 0.25) is 16.0 Å². The molecule has 0 aliphatic heterocycles. The van der Waals surface area contributed by atoms with E-state index in [1.54, 1.807) is 19.2 Å². The molecule has 32 heavy (non-hydrogen) atoms. The molecule has 3 rings (SSSR count). The van der Waals surface area contributed by atoms with Crippen molar-refractivity contribution in [2.24, 2.45) is 0 Å². The van der Waals surface area contributed by atoms with Gasteiger partial charge in [-0.3, -0.25) is 0 Å². The molecule has 0 unspecified atom stereocenters. The first kappa shape index (κ1) is 23.3. The second-order valence-corrected chi connectivity index (χ2v) is 8.80. The summed E-state index contributed by atoms with van der Waals surface area (Å²) in [6.07, 6.45) is 0. The van der Waals surface area contributed by atoms with Gasteiger partial charge in [-0.05, 0) is 43.3 Å².